The van der Waals surface area contributed by atoms with Gasteiger partial charge in [-0.1, -0.05) is 29.8 Å². The van der Waals surface area contributed by atoms with Crippen LogP contribution in [0.1, 0.15) is 30.5 Å². The van der Waals surface area contributed by atoms with Gasteiger partial charge in [-0.2, -0.15) is 0 Å². The predicted molar refractivity (Wildman–Crippen MR) is 170 cm³/mol. The summed E-state index contributed by atoms with van der Waals surface area (Å²) < 4.78 is 6.04. The van der Waals surface area contributed by atoms with Crippen LogP contribution in [0.15, 0.2) is 78.0 Å². The molecule has 2 aliphatic heterocycles. The van der Waals surface area contributed by atoms with E-state index in [1.165, 1.54) is 18.2 Å². The van der Waals surface area contributed by atoms with Gasteiger partial charge in [-0.05, 0) is 108 Å². The van der Waals surface area contributed by atoms with Crippen molar-refractivity contribution in [2.24, 2.45) is 17.8 Å². The molecule has 2 amide bonds. The van der Waals surface area contributed by atoms with Gasteiger partial charge in [0.15, 0.2) is 0 Å². The molecule has 3 aliphatic rings. The van der Waals surface area contributed by atoms with Crippen molar-refractivity contribution in [1.82, 2.24) is 4.98 Å². The van der Waals surface area contributed by atoms with Gasteiger partial charge in [-0.3, -0.25) is 19.5 Å². The molecule has 2 aromatic carbocycles. The molecule has 0 saturated carbocycles. The minimum atomic E-state index is -1.77. The molecule has 13 heteroatoms. The lowest BCUT2D eigenvalue weighted by Gasteiger charge is -2.42. The summed E-state index contributed by atoms with van der Waals surface area (Å²) >= 11 is 6.41. The molecule has 4 atom stereocenters. The minimum absolute atomic E-state index is 0.0449. The Hall–Kier alpha value is -3.77. The Labute approximate surface area is 265 Å². The van der Waals surface area contributed by atoms with Gasteiger partial charge in [-0.25, -0.2) is 0 Å². The first-order chi connectivity index (χ1) is 21.7. The molecular weight excluding hydrogens is 597 g/mol. The van der Waals surface area contributed by atoms with Gasteiger partial charge >= 0.3 is 14.2 Å². The highest BCUT2D eigenvalue weighted by molar-refractivity contribution is 6.58. The van der Waals surface area contributed by atoms with E-state index in [-0.39, 0.29) is 36.2 Å². The number of phenolic OH excluding ortho intramolecular Hbond substituents is 1. The Morgan fingerprint density at radius 1 is 1.09 bits per heavy atom. The van der Waals surface area contributed by atoms with Crippen LogP contribution in [0.25, 0.3) is 11.6 Å². The Kier molecular flexibility index (Phi) is 8.96. The van der Waals surface area contributed by atoms with Crippen molar-refractivity contribution < 1.29 is 39.5 Å². The second kappa shape index (κ2) is 12.9. The Morgan fingerprint density at radius 3 is 2.62 bits per heavy atom. The van der Waals surface area contributed by atoms with E-state index < -0.39 is 49.9 Å². The van der Waals surface area contributed by atoms with Gasteiger partial charge in [0, 0.05) is 6.20 Å². The highest BCUT2D eigenvalue weighted by atomic mass is 35.5. The Morgan fingerprint density at radius 2 is 1.91 bits per heavy atom. The summed E-state index contributed by atoms with van der Waals surface area (Å²) in [5.74, 6) is -2.86. The fourth-order valence-electron chi connectivity index (χ4n) is 6.92. The third-order valence-corrected chi connectivity index (χ3v) is 9.24. The maximum absolute atomic E-state index is 13.9. The number of pyridine rings is 1. The lowest BCUT2D eigenvalue weighted by molar-refractivity contribution is -0.122. The van der Waals surface area contributed by atoms with E-state index in [1.54, 1.807) is 30.5 Å². The van der Waals surface area contributed by atoms with Crippen molar-refractivity contribution in [1.29, 1.82) is 0 Å². The number of amides is 2. The minimum Gasteiger partial charge on any atom is -0.508 e. The molecule has 10 nitrogen and oxygen atoms in total. The summed E-state index contributed by atoms with van der Waals surface area (Å²) in [6.45, 7) is -0.329. The molecule has 230 valence electrons. The van der Waals surface area contributed by atoms with Crippen LogP contribution in [0.5, 0.6) is 5.75 Å². The van der Waals surface area contributed by atoms with Crippen molar-refractivity contribution in [2.75, 3.05) is 11.5 Å². The normalized spacial score (nSPS) is 23.4. The number of allylic oxidation sites excluding steroid dienone is 1. The molecule has 1 aromatic heterocycles. The molecule has 3 aromatic rings. The smallest absolute Gasteiger partial charge is 0.488 e. The fourth-order valence-corrected chi connectivity index (χ4v) is 7.15. The summed E-state index contributed by atoms with van der Waals surface area (Å²) in [7, 11) is -2.96. The van der Waals surface area contributed by atoms with Crippen LogP contribution in [-0.4, -0.2) is 69.0 Å². The van der Waals surface area contributed by atoms with E-state index in [0.717, 1.165) is 16.0 Å². The van der Waals surface area contributed by atoms with Gasteiger partial charge in [0.2, 0.25) is 11.8 Å². The molecule has 3 heterocycles. The van der Waals surface area contributed by atoms with E-state index in [4.69, 9.17) is 16.3 Å². The summed E-state index contributed by atoms with van der Waals surface area (Å²) in [4.78, 5) is 33.2. The maximum atomic E-state index is 13.9. The topological polar surface area (TPSA) is 161 Å². The number of phenols is 1. The molecule has 0 bridgehead atoms. The van der Waals surface area contributed by atoms with Crippen LogP contribution in [0.4, 0.5) is 5.69 Å². The van der Waals surface area contributed by atoms with E-state index >= 15 is 0 Å². The summed E-state index contributed by atoms with van der Waals surface area (Å²) in [5, 5.41) is 50.8. The van der Waals surface area contributed by atoms with E-state index in [9.17, 15) is 34.9 Å². The molecular formula is C32H31B2ClN2O8. The quantitative estimate of drug-likeness (QED) is 0.143. The standard InChI is InChI=1S/C32H31B2ClN2O8/c35-26-15-23(39)9-7-18(26)12-19(27-6-1-2-11-36-27)8-10-28-29-20(17-38)13-24-30(25(29)16-33(42)45-28)32(41)37(31(24)40)22-5-3-4-21(14-22)34(43)44/h1-7,9,11-12,14-15,24-25,28,30,38-39,42-44H,8,10,13,16-17H2/b19-12-/t24-,25+,28-,30-/m1/s1. The van der Waals surface area contributed by atoms with Crippen molar-refractivity contribution in [2.45, 2.75) is 31.7 Å². The molecule has 5 N–H and O–H groups in total. The lowest BCUT2D eigenvalue weighted by Crippen LogP contribution is -2.46. The molecule has 2 saturated heterocycles. The first kappa shape index (κ1) is 31.2. The molecule has 1 aliphatic carbocycles. The molecule has 0 unspecified atom stereocenters. The third kappa shape index (κ3) is 6.09. The number of halogens is 1. The summed E-state index contributed by atoms with van der Waals surface area (Å²) in [5.41, 5.74) is 3.94. The number of carbonyl (C=O) groups excluding carboxylic acids is 2. The Bertz CT molecular complexity index is 1680. The van der Waals surface area contributed by atoms with Gasteiger partial charge in [0.05, 0.1) is 41.0 Å². The largest absolute Gasteiger partial charge is 0.508 e. The van der Waals surface area contributed by atoms with Crippen molar-refractivity contribution in [3.8, 4) is 5.75 Å². The number of rotatable bonds is 8. The molecule has 45 heavy (non-hydrogen) atoms. The van der Waals surface area contributed by atoms with Crippen LogP contribution >= 0.6 is 11.6 Å². The number of aromatic hydroxyl groups is 1. The zero-order valence-corrected chi connectivity index (χ0v) is 24.9. The molecule has 2 fully saturated rings. The molecule has 0 spiro atoms. The van der Waals surface area contributed by atoms with Crippen LogP contribution in [-0.2, 0) is 14.2 Å². The van der Waals surface area contributed by atoms with Gasteiger partial charge in [0.25, 0.3) is 0 Å². The van der Waals surface area contributed by atoms with Crippen molar-refractivity contribution in [3.63, 3.8) is 0 Å². The predicted octanol–water partition coefficient (Wildman–Crippen LogP) is 2.44. The number of fused-ring (bicyclic) bond motifs is 3. The number of hydrogen-bond acceptors (Lipinski definition) is 9. The van der Waals surface area contributed by atoms with Crippen molar-refractivity contribution >= 4 is 60.5 Å². The first-order valence-corrected chi connectivity index (χ1v) is 15.1. The third-order valence-electron chi connectivity index (χ3n) is 8.91. The fraction of sp³-hybridized carbons (Fsp3) is 0.281. The van der Waals surface area contributed by atoms with E-state index in [0.29, 0.717) is 34.7 Å². The van der Waals surface area contributed by atoms with Crippen LogP contribution in [0.2, 0.25) is 11.3 Å². The number of anilines is 1. The van der Waals surface area contributed by atoms with Gasteiger partial charge < -0.3 is 29.9 Å². The average Bonchev–Trinajstić information content (AvgIpc) is 3.28. The zero-order valence-electron chi connectivity index (χ0n) is 24.2. The number of aliphatic hydroxyl groups excluding tert-OH is 1. The number of imide groups is 1. The first-order valence-electron chi connectivity index (χ1n) is 14.8. The number of hydrogen-bond donors (Lipinski definition) is 5. The lowest BCUT2D eigenvalue weighted by atomic mass is 9.58. The van der Waals surface area contributed by atoms with E-state index in [1.807, 2.05) is 24.3 Å². The zero-order chi connectivity index (χ0) is 31.8. The second-order valence-corrected chi connectivity index (χ2v) is 12.0. The average molecular weight is 629 g/mol. The van der Waals surface area contributed by atoms with Gasteiger partial charge in [-0.15, -0.1) is 0 Å². The number of benzene rings is 2. The van der Waals surface area contributed by atoms with Gasteiger partial charge in [0.1, 0.15) is 5.75 Å². The second-order valence-electron chi connectivity index (χ2n) is 11.6. The van der Waals surface area contributed by atoms with E-state index in [2.05, 4.69) is 4.98 Å². The summed E-state index contributed by atoms with van der Waals surface area (Å²) in [6, 6.07) is 16.2. The Balaban J connectivity index is 1.31. The van der Waals surface area contributed by atoms with Crippen molar-refractivity contribution in [3.05, 3.63) is 94.3 Å². The van der Waals surface area contributed by atoms with Crippen LogP contribution in [0.3, 0.4) is 0 Å². The number of aliphatic hydroxyl groups is 1. The SMILES string of the molecule is O=C1[C@@H]2[C@@H](CC(CO)=C3[C@@H](CC/C(=C/c4ccc(O)cc4Cl)c4ccccn4)OB(O)C[C@@H]32)C(=O)N1c1cccc(B(O)O)c1. The van der Waals surface area contributed by atoms with Crippen LogP contribution < -0.4 is 10.4 Å². The summed E-state index contributed by atoms with van der Waals surface area (Å²) in [6.07, 6.45) is 3.98. The number of aromatic nitrogens is 1. The number of carbonyl (C=O) groups is 2. The molecule has 6 rings (SSSR count). The number of nitrogens with zero attached hydrogens (tertiary/aromatic N) is 2. The highest BCUT2D eigenvalue weighted by Crippen LogP contribution is 2.51. The monoisotopic (exact) mass is 628 g/mol. The highest BCUT2D eigenvalue weighted by Gasteiger charge is 2.57. The molecule has 0 radical (unpaired) electrons. The maximum Gasteiger partial charge on any atom is 0.488 e. The van der Waals surface area contributed by atoms with Crippen LogP contribution in [0, 0.1) is 17.8 Å².